The number of allylic oxidation sites excluding steroid dienone is 20. The summed E-state index contributed by atoms with van der Waals surface area (Å²) in [7, 11) is 0. The Morgan fingerprint density at radius 2 is 0.966 bits per heavy atom. The number of carbonyl (C=O) groups is 2. The van der Waals surface area contributed by atoms with Crippen molar-refractivity contribution in [1.29, 1.82) is 0 Å². The second-order valence-corrected chi connectivity index (χ2v) is 14.5. The van der Waals surface area contributed by atoms with Crippen LogP contribution in [-0.4, -0.2) is 37.8 Å². The lowest BCUT2D eigenvalue weighted by atomic mass is 9.83. The van der Waals surface area contributed by atoms with E-state index in [0.717, 1.165) is 96.1 Å². The van der Waals surface area contributed by atoms with E-state index < -0.39 is 35.5 Å². The van der Waals surface area contributed by atoms with E-state index in [9.17, 15) is 18.8 Å². The summed E-state index contributed by atoms with van der Waals surface area (Å²) in [6.45, 7) is 2.03. The quantitative estimate of drug-likeness (QED) is 0.0496. The Morgan fingerprint density at radius 3 is 1.34 bits per heavy atom. The van der Waals surface area contributed by atoms with Gasteiger partial charge in [-0.25, -0.2) is 9.18 Å². The van der Waals surface area contributed by atoms with Crippen molar-refractivity contribution in [1.82, 2.24) is 9.55 Å². The number of carboxylic acid groups (broad SMARTS) is 2. The van der Waals surface area contributed by atoms with Gasteiger partial charge < -0.3 is 20.7 Å². The summed E-state index contributed by atoms with van der Waals surface area (Å²) in [5, 5.41) is 17.3. The summed E-state index contributed by atoms with van der Waals surface area (Å²) >= 11 is 0. The molecule has 322 valence electrons. The standard InChI is InChI=1S/C49H68FN3O6/c1-41-42(36-32-28-24-20-16-12-8-4-2-6-10-14-18-22-26-30-34-38-45(54)55)43(48(59-41)53-40-44(50)47(51)52-49(53)58)37-33-29-25-21-17-13-9-5-3-7-11-15-19-23-27-31-35-39-46(56)57/h2-5,10-17,22-29,40-43,48H,6-9,18-21,30-39H2,1H3,(H,54,55)(H,56,57)(H2,51,52,58)/b4-2-,5-3-,14-10-,15-11-,16-12-,17-13-,26-22-,27-23-,28-24-,29-25-/t41-,42+,43-,48-/m1/s1. The molecule has 0 aromatic carbocycles. The fourth-order valence-electron chi connectivity index (χ4n) is 6.66. The average Bonchev–Trinajstić information content (AvgIpc) is 3.51. The molecule has 4 atom stereocenters. The molecule has 0 unspecified atom stereocenters. The first kappa shape index (κ1) is 50.1. The zero-order chi connectivity index (χ0) is 42.8. The minimum atomic E-state index is -0.747. The molecule has 10 heteroatoms. The van der Waals surface area contributed by atoms with Crippen LogP contribution in [0.25, 0.3) is 0 Å². The van der Waals surface area contributed by atoms with Crippen LogP contribution in [0.4, 0.5) is 10.2 Å². The molecule has 0 aliphatic carbocycles. The summed E-state index contributed by atoms with van der Waals surface area (Å²) in [5.74, 6) is -2.43. The molecule has 0 amide bonds. The number of rotatable bonds is 31. The number of nitrogens with two attached hydrogens (primary N) is 1. The Balaban J connectivity index is 1.75. The second kappa shape index (κ2) is 32.8. The first-order valence-electron chi connectivity index (χ1n) is 21.3. The predicted octanol–water partition coefficient (Wildman–Crippen LogP) is 11.9. The molecule has 9 nitrogen and oxygen atoms in total. The minimum absolute atomic E-state index is 0.00794. The highest BCUT2D eigenvalue weighted by Crippen LogP contribution is 2.43. The van der Waals surface area contributed by atoms with Crippen LogP contribution in [0.3, 0.4) is 0 Å². The van der Waals surface area contributed by atoms with Crippen molar-refractivity contribution in [2.24, 2.45) is 11.8 Å². The zero-order valence-electron chi connectivity index (χ0n) is 35.0. The summed E-state index contributed by atoms with van der Waals surface area (Å²) in [6.07, 6.45) is 56.7. The first-order chi connectivity index (χ1) is 28.7. The summed E-state index contributed by atoms with van der Waals surface area (Å²) in [5.41, 5.74) is 4.97. The SMILES string of the molecule is C[C@H]1O[C@@H](n2cc(F)c(N)nc2=O)[C@H](CC/C=C\C/C=C\C/C=C\C/C=C\C/C=C\CCCC(=O)O)[C@H]1CC/C=C\C/C=C\C/C=C\C/C=C\C/C=C\CCCC(=O)O. The highest BCUT2D eigenvalue weighted by molar-refractivity contribution is 5.66. The monoisotopic (exact) mass is 814 g/mol. The fourth-order valence-corrected chi connectivity index (χ4v) is 6.66. The van der Waals surface area contributed by atoms with Crippen molar-refractivity contribution in [3.63, 3.8) is 0 Å². The molecular weight excluding hydrogens is 746 g/mol. The molecule has 1 saturated heterocycles. The van der Waals surface area contributed by atoms with Crippen molar-refractivity contribution >= 4 is 17.8 Å². The van der Waals surface area contributed by atoms with Gasteiger partial charge in [-0.1, -0.05) is 122 Å². The number of halogens is 1. The number of unbranched alkanes of at least 4 members (excludes halogenated alkanes) is 2. The third kappa shape index (κ3) is 24.4. The maximum Gasteiger partial charge on any atom is 0.351 e. The van der Waals surface area contributed by atoms with E-state index in [2.05, 4.69) is 114 Å². The molecule has 2 heterocycles. The van der Waals surface area contributed by atoms with Crippen LogP contribution in [0.5, 0.6) is 0 Å². The van der Waals surface area contributed by atoms with Gasteiger partial charge in [0.2, 0.25) is 0 Å². The summed E-state index contributed by atoms with van der Waals surface area (Å²) in [6, 6.07) is 0. The van der Waals surface area contributed by atoms with Gasteiger partial charge in [-0.15, -0.1) is 0 Å². The van der Waals surface area contributed by atoms with E-state index in [1.807, 2.05) is 19.1 Å². The van der Waals surface area contributed by atoms with Crippen molar-refractivity contribution in [3.05, 3.63) is 144 Å². The van der Waals surface area contributed by atoms with Crippen molar-refractivity contribution in [2.45, 2.75) is 135 Å². The molecular formula is C49H68FN3O6. The number of carboxylic acids is 2. The molecule has 4 N–H and O–H groups in total. The molecule has 0 radical (unpaired) electrons. The summed E-state index contributed by atoms with van der Waals surface area (Å²) in [4.78, 5) is 37.5. The fraction of sp³-hybridized carbons (Fsp3) is 0.469. The van der Waals surface area contributed by atoms with Gasteiger partial charge >= 0.3 is 17.6 Å². The largest absolute Gasteiger partial charge is 0.481 e. The number of nitrogens with zero attached hydrogens (tertiary/aromatic N) is 2. The number of anilines is 1. The van der Waals surface area contributed by atoms with Crippen molar-refractivity contribution in [3.8, 4) is 0 Å². The van der Waals surface area contributed by atoms with E-state index in [1.165, 1.54) is 4.57 Å². The Bertz CT molecular complexity index is 1710. The maximum absolute atomic E-state index is 14.5. The van der Waals surface area contributed by atoms with Gasteiger partial charge in [-0.2, -0.15) is 4.98 Å². The third-order valence-electron chi connectivity index (χ3n) is 9.78. The van der Waals surface area contributed by atoms with Gasteiger partial charge in [0.15, 0.2) is 11.6 Å². The number of aromatic nitrogens is 2. The molecule has 2 rings (SSSR count). The predicted molar refractivity (Wildman–Crippen MR) is 239 cm³/mol. The average molecular weight is 814 g/mol. The van der Waals surface area contributed by atoms with Gasteiger partial charge in [0, 0.05) is 18.8 Å². The smallest absolute Gasteiger partial charge is 0.351 e. The lowest BCUT2D eigenvalue weighted by Crippen LogP contribution is -2.31. The highest BCUT2D eigenvalue weighted by atomic mass is 19.1. The van der Waals surface area contributed by atoms with E-state index in [0.29, 0.717) is 12.8 Å². The molecule has 1 aliphatic heterocycles. The van der Waals surface area contributed by atoms with E-state index in [1.54, 1.807) is 0 Å². The minimum Gasteiger partial charge on any atom is -0.481 e. The molecule has 0 saturated carbocycles. The Kier molecular flexibility index (Phi) is 27.8. The van der Waals surface area contributed by atoms with E-state index >= 15 is 0 Å². The number of hydrogen-bond acceptors (Lipinski definition) is 6. The van der Waals surface area contributed by atoms with Crippen LogP contribution in [0.1, 0.15) is 129 Å². The van der Waals surface area contributed by atoms with Crippen LogP contribution < -0.4 is 11.4 Å². The summed E-state index contributed by atoms with van der Waals surface area (Å²) < 4.78 is 22.0. The number of aliphatic carboxylic acids is 2. The molecule has 1 fully saturated rings. The van der Waals surface area contributed by atoms with E-state index in [4.69, 9.17) is 20.7 Å². The van der Waals surface area contributed by atoms with Crippen LogP contribution in [-0.2, 0) is 14.3 Å². The van der Waals surface area contributed by atoms with E-state index in [-0.39, 0.29) is 30.8 Å². The van der Waals surface area contributed by atoms with Crippen molar-refractivity contribution < 1.29 is 28.9 Å². The third-order valence-corrected chi connectivity index (χ3v) is 9.78. The highest BCUT2D eigenvalue weighted by Gasteiger charge is 2.42. The maximum atomic E-state index is 14.5. The molecule has 1 aromatic rings. The lowest BCUT2D eigenvalue weighted by Gasteiger charge is -2.24. The molecule has 1 aromatic heterocycles. The zero-order valence-corrected chi connectivity index (χ0v) is 35.0. The van der Waals surface area contributed by atoms with Gasteiger partial charge in [-0.3, -0.25) is 14.2 Å². The van der Waals surface area contributed by atoms with Gasteiger partial charge in [0.25, 0.3) is 0 Å². The molecule has 59 heavy (non-hydrogen) atoms. The van der Waals surface area contributed by atoms with Gasteiger partial charge in [0.05, 0.1) is 12.3 Å². The van der Waals surface area contributed by atoms with Crippen LogP contribution in [0, 0.1) is 17.7 Å². The van der Waals surface area contributed by atoms with Gasteiger partial charge in [-0.05, 0) is 116 Å². The Labute approximate surface area is 351 Å². The Hall–Kier alpha value is -5.09. The van der Waals surface area contributed by atoms with Crippen LogP contribution in [0.2, 0.25) is 0 Å². The van der Waals surface area contributed by atoms with Crippen LogP contribution in [0.15, 0.2) is 133 Å². The topological polar surface area (TPSA) is 145 Å². The van der Waals surface area contributed by atoms with Gasteiger partial charge in [0.1, 0.15) is 6.23 Å². The normalized spacial score (nSPS) is 19.2. The van der Waals surface area contributed by atoms with Crippen molar-refractivity contribution in [2.75, 3.05) is 5.73 Å². The number of ether oxygens (including phenoxy) is 1. The second-order valence-electron chi connectivity index (χ2n) is 14.5. The number of nitrogen functional groups attached to an aromatic ring is 1. The molecule has 0 spiro atoms. The number of hydrogen-bond donors (Lipinski definition) is 3. The lowest BCUT2D eigenvalue weighted by molar-refractivity contribution is -0.138. The Morgan fingerprint density at radius 1 is 0.627 bits per heavy atom. The molecule has 0 bridgehead atoms. The first-order valence-corrected chi connectivity index (χ1v) is 21.3. The molecule has 1 aliphatic rings. The van der Waals surface area contributed by atoms with Crippen LogP contribution >= 0.6 is 0 Å².